The molecule has 0 aliphatic carbocycles. The molecule has 5 nitrogen and oxygen atoms in total. The molecule has 3 aliphatic heterocycles. The average Bonchev–Trinajstić information content (AvgIpc) is 3.06. The van der Waals surface area contributed by atoms with Gasteiger partial charge in [-0.2, -0.15) is 0 Å². The third kappa shape index (κ3) is 1.49. The van der Waals surface area contributed by atoms with E-state index in [1.54, 1.807) is 4.90 Å². The summed E-state index contributed by atoms with van der Waals surface area (Å²) in [7, 11) is 0. The molecular formula is C14H15NO4. The van der Waals surface area contributed by atoms with Gasteiger partial charge in [0.2, 0.25) is 5.60 Å². The van der Waals surface area contributed by atoms with Crippen LogP contribution in [0.25, 0.3) is 0 Å². The predicted molar refractivity (Wildman–Crippen MR) is 65.2 cm³/mol. The molecule has 1 amide bonds. The Morgan fingerprint density at radius 3 is 2.79 bits per heavy atom. The van der Waals surface area contributed by atoms with Crippen LogP contribution in [0, 0.1) is 0 Å². The second kappa shape index (κ2) is 3.79. The van der Waals surface area contributed by atoms with Crippen molar-refractivity contribution in [3.63, 3.8) is 0 Å². The van der Waals surface area contributed by atoms with Crippen molar-refractivity contribution < 1.29 is 19.4 Å². The van der Waals surface area contributed by atoms with Crippen molar-refractivity contribution in [1.29, 1.82) is 0 Å². The molecule has 0 radical (unpaired) electrons. The minimum atomic E-state index is -1.14. The molecule has 3 heterocycles. The van der Waals surface area contributed by atoms with Crippen LogP contribution in [-0.4, -0.2) is 53.0 Å². The summed E-state index contributed by atoms with van der Waals surface area (Å²) in [6, 6.07) is 9.75. The summed E-state index contributed by atoms with van der Waals surface area (Å²) in [5, 5.41) is 10.2. The number of nitrogens with zero attached hydrogens (tertiary/aromatic N) is 1. The van der Waals surface area contributed by atoms with Crippen LogP contribution in [0.3, 0.4) is 0 Å². The number of epoxide rings is 1. The average molecular weight is 261 g/mol. The number of aliphatic hydroxyl groups excluding tert-OH is 1. The first-order chi connectivity index (χ1) is 9.22. The highest BCUT2D eigenvalue weighted by molar-refractivity contribution is 5.90. The van der Waals surface area contributed by atoms with Gasteiger partial charge in [-0.1, -0.05) is 30.3 Å². The quantitative estimate of drug-likeness (QED) is 0.757. The Morgan fingerprint density at radius 1 is 1.37 bits per heavy atom. The second-order valence-corrected chi connectivity index (χ2v) is 5.39. The molecule has 4 atom stereocenters. The van der Waals surface area contributed by atoms with Crippen molar-refractivity contribution in [1.82, 2.24) is 4.90 Å². The van der Waals surface area contributed by atoms with Gasteiger partial charge in [-0.25, -0.2) is 0 Å². The number of β-amino-alcohol motifs (C(OH)–C–C–N with tert-alkyl or cyclic N) is 1. The van der Waals surface area contributed by atoms with Crippen molar-refractivity contribution in [2.75, 3.05) is 13.2 Å². The van der Waals surface area contributed by atoms with E-state index in [4.69, 9.17) is 9.47 Å². The Morgan fingerprint density at radius 2 is 2.16 bits per heavy atom. The van der Waals surface area contributed by atoms with Crippen LogP contribution in [0.5, 0.6) is 0 Å². The van der Waals surface area contributed by atoms with Crippen LogP contribution in [0.1, 0.15) is 5.56 Å². The number of carbonyl (C=O) groups is 1. The summed E-state index contributed by atoms with van der Waals surface area (Å²) in [4.78, 5) is 14.2. The van der Waals surface area contributed by atoms with Gasteiger partial charge in [0.1, 0.15) is 18.3 Å². The van der Waals surface area contributed by atoms with Gasteiger partial charge in [-0.15, -0.1) is 0 Å². The maximum absolute atomic E-state index is 12.5. The summed E-state index contributed by atoms with van der Waals surface area (Å²) < 4.78 is 11.0. The molecule has 5 heteroatoms. The largest absolute Gasteiger partial charge is 0.388 e. The zero-order valence-corrected chi connectivity index (χ0v) is 10.4. The van der Waals surface area contributed by atoms with Crippen LogP contribution in [0.2, 0.25) is 0 Å². The third-order valence-electron chi connectivity index (χ3n) is 4.22. The molecule has 19 heavy (non-hydrogen) atoms. The molecule has 0 unspecified atom stereocenters. The van der Waals surface area contributed by atoms with Crippen LogP contribution in [0.4, 0.5) is 0 Å². The number of amides is 1. The maximum atomic E-state index is 12.5. The lowest BCUT2D eigenvalue weighted by Crippen LogP contribution is -2.50. The van der Waals surface area contributed by atoms with Gasteiger partial charge in [0, 0.05) is 6.54 Å². The monoisotopic (exact) mass is 261 g/mol. The van der Waals surface area contributed by atoms with E-state index in [2.05, 4.69) is 0 Å². The first-order valence-electron chi connectivity index (χ1n) is 6.52. The number of hydrogen-bond acceptors (Lipinski definition) is 4. The highest BCUT2D eigenvalue weighted by Gasteiger charge is 2.72. The molecule has 0 aromatic heterocycles. The second-order valence-electron chi connectivity index (χ2n) is 5.39. The number of aliphatic hydroxyl groups is 1. The van der Waals surface area contributed by atoms with E-state index in [1.807, 2.05) is 30.3 Å². The topological polar surface area (TPSA) is 62.3 Å². The van der Waals surface area contributed by atoms with Gasteiger partial charge in [0.15, 0.2) is 0 Å². The number of hydrogen-bond donors (Lipinski definition) is 1. The summed E-state index contributed by atoms with van der Waals surface area (Å²) in [6.45, 7) is 1.21. The van der Waals surface area contributed by atoms with E-state index < -0.39 is 11.7 Å². The molecule has 3 aliphatic rings. The smallest absolute Gasteiger partial charge is 0.260 e. The van der Waals surface area contributed by atoms with Crippen molar-refractivity contribution in [2.45, 2.75) is 30.5 Å². The van der Waals surface area contributed by atoms with Crippen LogP contribution in [-0.2, 0) is 20.8 Å². The maximum Gasteiger partial charge on any atom is 0.260 e. The Kier molecular flexibility index (Phi) is 2.27. The lowest BCUT2D eigenvalue weighted by Gasteiger charge is -2.25. The van der Waals surface area contributed by atoms with E-state index in [9.17, 15) is 9.90 Å². The molecule has 100 valence electrons. The van der Waals surface area contributed by atoms with Gasteiger partial charge in [-0.05, 0) is 5.56 Å². The number of fused-ring (bicyclic) bond motifs is 2. The molecule has 0 bridgehead atoms. The molecule has 0 saturated carbocycles. The minimum Gasteiger partial charge on any atom is -0.388 e. The fourth-order valence-electron chi connectivity index (χ4n) is 3.18. The van der Waals surface area contributed by atoms with Crippen molar-refractivity contribution in [2.24, 2.45) is 0 Å². The van der Waals surface area contributed by atoms with Crippen LogP contribution in [0.15, 0.2) is 30.3 Å². The zero-order chi connectivity index (χ0) is 13.0. The molecule has 3 saturated heterocycles. The van der Waals surface area contributed by atoms with Crippen molar-refractivity contribution in [3.8, 4) is 0 Å². The third-order valence-corrected chi connectivity index (χ3v) is 4.22. The number of benzene rings is 1. The van der Waals surface area contributed by atoms with Gasteiger partial charge >= 0.3 is 0 Å². The molecule has 1 aromatic rings. The molecule has 1 N–H and O–H groups in total. The van der Waals surface area contributed by atoms with Gasteiger partial charge in [0.25, 0.3) is 5.91 Å². The first-order valence-corrected chi connectivity index (χ1v) is 6.52. The SMILES string of the molecule is O=C1N(Cc2ccccc2)C[C@H](O)[C@@]12OC[C@@H]1O[C@@H]12. The first kappa shape index (κ1) is 11.4. The van der Waals surface area contributed by atoms with Gasteiger partial charge in [0.05, 0.1) is 13.2 Å². The molecule has 4 rings (SSSR count). The number of likely N-dealkylation sites (tertiary alicyclic amines) is 1. The Hall–Kier alpha value is -1.43. The highest BCUT2D eigenvalue weighted by atomic mass is 16.7. The fourth-order valence-corrected chi connectivity index (χ4v) is 3.18. The van der Waals surface area contributed by atoms with Crippen molar-refractivity contribution in [3.05, 3.63) is 35.9 Å². The van der Waals surface area contributed by atoms with E-state index in [0.717, 1.165) is 5.56 Å². The van der Waals surface area contributed by atoms with Gasteiger partial charge in [-0.3, -0.25) is 4.79 Å². The lowest BCUT2D eigenvalue weighted by atomic mass is 9.95. The van der Waals surface area contributed by atoms with E-state index in [0.29, 0.717) is 19.7 Å². The molecular weight excluding hydrogens is 246 g/mol. The van der Waals surface area contributed by atoms with Crippen LogP contribution < -0.4 is 0 Å². The normalized spacial score (nSPS) is 39.9. The van der Waals surface area contributed by atoms with Crippen LogP contribution >= 0.6 is 0 Å². The highest BCUT2D eigenvalue weighted by Crippen LogP contribution is 2.48. The Labute approximate surface area is 110 Å². The number of rotatable bonds is 2. The summed E-state index contributed by atoms with van der Waals surface area (Å²) in [6.07, 6.45) is -1.06. The fraction of sp³-hybridized carbons (Fsp3) is 0.500. The molecule has 3 fully saturated rings. The number of ether oxygens (including phenoxy) is 2. The minimum absolute atomic E-state index is 0.00437. The summed E-state index contributed by atoms with van der Waals surface area (Å²) in [5.41, 5.74) is -0.0919. The summed E-state index contributed by atoms with van der Waals surface area (Å²) in [5.74, 6) is -0.145. The lowest BCUT2D eigenvalue weighted by molar-refractivity contribution is -0.159. The van der Waals surface area contributed by atoms with E-state index >= 15 is 0 Å². The Balaban J connectivity index is 1.58. The van der Waals surface area contributed by atoms with Gasteiger partial charge < -0.3 is 19.5 Å². The van der Waals surface area contributed by atoms with E-state index in [-0.39, 0.29) is 18.1 Å². The van der Waals surface area contributed by atoms with E-state index in [1.165, 1.54) is 0 Å². The zero-order valence-electron chi connectivity index (χ0n) is 10.4. The van der Waals surface area contributed by atoms with Crippen molar-refractivity contribution >= 4 is 5.91 Å². The molecule has 1 spiro atoms. The molecule has 1 aromatic carbocycles. The number of carbonyl (C=O) groups excluding carboxylic acids is 1. The summed E-state index contributed by atoms with van der Waals surface area (Å²) >= 11 is 0. The Bertz CT molecular complexity index is 519. The standard InChI is InChI=1S/C14H15NO4/c16-11-7-15(6-9-4-2-1-3-5-9)13(17)14(11)12-10(19-12)8-18-14/h1-5,10-12,16H,6-8H2/t10-,11-,12-,14-/m0/s1. The predicted octanol–water partition coefficient (Wildman–Crippen LogP) is -0.0739.